The molecule has 0 saturated heterocycles. The summed E-state index contributed by atoms with van der Waals surface area (Å²) in [4.78, 5) is 8.84. The monoisotopic (exact) mass is 420 g/mol. The normalized spacial score (nSPS) is 11.0. The van der Waals surface area contributed by atoms with Crippen molar-refractivity contribution in [3.05, 3.63) is 23.9 Å². The minimum absolute atomic E-state index is 0. The van der Waals surface area contributed by atoms with E-state index in [1.807, 2.05) is 18.3 Å². The quantitative estimate of drug-likeness (QED) is 0.385. The second-order valence-corrected chi connectivity index (χ2v) is 5.32. The van der Waals surface area contributed by atoms with Crippen molar-refractivity contribution in [3.63, 3.8) is 0 Å². The average molecular weight is 420 g/mol. The van der Waals surface area contributed by atoms with Gasteiger partial charge in [0, 0.05) is 25.4 Å². The van der Waals surface area contributed by atoms with Gasteiger partial charge in [0.05, 0.1) is 13.2 Å². The van der Waals surface area contributed by atoms with Crippen LogP contribution in [-0.2, 0) is 6.54 Å². The molecule has 126 valence electrons. The largest absolute Gasteiger partial charge is 0.478 e. The molecule has 0 fully saturated rings. The number of halogens is 1. The van der Waals surface area contributed by atoms with Gasteiger partial charge in [-0.05, 0) is 24.8 Å². The average Bonchev–Trinajstić information content (AvgIpc) is 2.49. The van der Waals surface area contributed by atoms with E-state index in [-0.39, 0.29) is 24.0 Å². The van der Waals surface area contributed by atoms with E-state index in [0.29, 0.717) is 24.9 Å². The summed E-state index contributed by atoms with van der Waals surface area (Å²) in [6.07, 6.45) is 2.81. The molecule has 0 saturated carbocycles. The third-order valence-electron chi connectivity index (χ3n) is 2.69. The third-order valence-corrected chi connectivity index (χ3v) is 2.69. The first kappa shape index (κ1) is 20.9. The summed E-state index contributed by atoms with van der Waals surface area (Å²) in [5.41, 5.74) is 1.07. The molecule has 1 aromatic heterocycles. The van der Waals surface area contributed by atoms with Crippen LogP contribution in [0.1, 0.15) is 39.7 Å². The Bertz CT molecular complexity index is 421. The number of pyridine rings is 1. The number of guanidine groups is 1. The lowest BCUT2D eigenvalue weighted by Crippen LogP contribution is -2.39. The van der Waals surface area contributed by atoms with Crippen LogP contribution in [0.25, 0.3) is 0 Å². The fourth-order valence-corrected chi connectivity index (χ4v) is 1.61. The van der Waals surface area contributed by atoms with Gasteiger partial charge in [-0.1, -0.05) is 26.8 Å². The van der Waals surface area contributed by atoms with Crippen LogP contribution in [0, 0.1) is 5.92 Å². The molecule has 1 rings (SSSR count). The topological polar surface area (TPSA) is 58.5 Å². The van der Waals surface area contributed by atoms with E-state index >= 15 is 0 Å². The van der Waals surface area contributed by atoms with E-state index in [2.05, 4.69) is 48.3 Å². The number of nitrogens with one attached hydrogen (secondary N) is 2. The van der Waals surface area contributed by atoms with E-state index in [9.17, 15) is 0 Å². The van der Waals surface area contributed by atoms with Gasteiger partial charge < -0.3 is 15.4 Å². The SMILES string of the molecule is CCCOc1ccc(CN=C(NCC)NCC(C)C)cn1.I. The summed E-state index contributed by atoms with van der Waals surface area (Å²) < 4.78 is 5.47. The van der Waals surface area contributed by atoms with Crippen molar-refractivity contribution in [2.45, 2.75) is 40.7 Å². The molecule has 0 radical (unpaired) electrons. The zero-order valence-electron chi connectivity index (χ0n) is 14.1. The van der Waals surface area contributed by atoms with Crippen LogP contribution >= 0.6 is 24.0 Å². The molecule has 0 aromatic carbocycles. The summed E-state index contributed by atoms with van der Waals surface area (Å²) in [6.45, 7) is 11.6. The van der Waals surface area contributed by atoms with E-state index < -0.39 is 0 Å². The molecule has 1 aromatic rings. The van der Waals surface area contributed by atoms with Crippen molar-refractivity contribution in [3.8, 4) is 5.88 Å². The van der Waals surface area contributed by atoms with Gasteiger partial charge in [0.15, 0.2) is 5.96 Å². The summed E-state index contributed by atoms with van der Waals surface area (Å²) in [5, 5.41) is 6.56. The van der Waals surface area contributed by atoms with Crippen LogP contribution in [0.15, 0.2) is 23.3 Å². The Hall–Kier alpha value is -1.05. The maximum Gasteiger partial charge on any atom is 0.213 e. The minimum atomic E-state index is 0. The molecule has 0 aliphatic heterocycles. The Balaban J connectivity index is 0.00000441. The lowest BCUT2D eigenvalue weighted by Gasteiger charge is -2.12. The Morgan fingerprint density at radius 2 is 2.05 bits per heavy atom. The summed E-state index contributed by atoms with van der Waals surface area (Å²) in [7, 11) is 0. The third kappa shape index (κ3) is 9.07. The van der Waals surface area contributed by atoms with E-state index in [1.165, 1.54) is 0 Å². The summed E-state index contributed by atoms with van der Waals surface area (Å²) >= 11 is 0. The first-order valence-electron chi connectivity index (χ1n) is 7.75. The molecular weight excluding hydrogens is 391 g/mol. The lowest BCUT2D eigenvalue weighted by molar-refractivity contribution is 0.305. The van der Waals surface area contributed by atoms with Crippen LogP contribution in [0.5, 0.6) is 5.88 Å². The number of hydrogen-bond acceptors (Lipinski definition) is 3. The fraction of sp³-hybridized carbons (Fsp3) is 0.625. The van der Waals surface area contributed by atoms with E-state index in [4.69, 9.17) is 4.74 Å². The number of ether oxygens (including phenoxy) is 1. The molecule has 0 aliphatic carbocycles. The molecule has 0 amide bonds. The fourth-order valence-electron chi connectivity index (χ4n) is 1.61. The molecule has 0 atom stereocenters. The smallest absolute Gasteiger partial charge is 0.213 e. The Morgan fingerprint density at radius 1 is 1.27 bits per heavy atom. The van der Waals surface area contributed by atoms with Crippen LogP contribution in [-0.4, -0.2) is 30.6 Å². The number of aromatic nitrogens is 1. The van der Waals surface area contributed by atoms with Gasteiger partial charge in [-0.2, -0.15) is 0 Å². The number of rotatable bonds is 8. The van der Waals surface area contributed by atoms with E-state index in [0.717, 1.165) is 31.0 Å². The Labute approximate surface area is 151 Å². The van der Waals surface area contributed by atoms with Gasteiger partial charge in [0.25, 0.3) is 0 Å². The number of nitrogens with zero attached hydrogens (tertiary/aromatic N) is 2. The minimum Gasteiger partial charge on any atom is -0.478 e. The van der Waals surface area contributed by atoms with Crippen molar-refractivity contribution in [1.29, 1.82) is 0 Å². The highest BCUT2D eigenvalue weighted by Crippen LogP contribution is 2.08. The summed E-state index contributed by atoms with van der Waals surface area (Å²) in [6, 6.07) is 3.91. The second-order valence-electron chi connectivity index (χ2n) is 5.32. The van der Waals surface area contributed by atoms with Crippen molar-refractivity contribution < 1.29 is 4.74 Å². The first-order valence-corrected chi connectivity index (χ1v) is 7.75. The van der Waals surface area contributed by atoms with Crippen molar-refractivity contribution >= 4 is 29.9 Å². The first-order chi connectivity index (χ1) is 10.2. The van der Waals surface area contributed by atoms with Crippen molar-refractivity contribution in [2.75, 3.05) is 19.7 Å². The second kappa shape index (κ2) is 12.5. The highest BCUT2D eigenvalue weighted by Gasteiger charge is 2.00. The van der Waals surface area contributed by atoms with Crippen LogP contribution < -0.4 is 15.4 Å². The highest BCUT2D eigenvalue weighted by atomic mass is 127. The lowest BCUT2D eigenvalue weighted by atomic mass is 10.2. The molecular formula is C16H29IN4O. The molecule has 2 N–H and O–H groups in total. The highest BCUT2D eigenvalue weighted by molar-refractivity contribution is 14.0. The molecule has 0 bridgehead atoms. The van der Waals surface area contributed by atoms with Gasteiger partial charge in [0.2, 0.25) is 5.88 Å². The molecule has 22 heavy (non-hydrogen) atoms. The van der Waals surface area contributed by atoms with Crippen LogP contribution in [0.3, 0.4) is 0 Å². The van der Waals surface area contributed by atoms with Crippen molar-refractivity contribution in [1.82, 2.24) is 15.6 Å². The van der Waals surface area contributed by atoms with Gasteiger partial charge >= 0.3 is 0 Å². The maximum absolute atomic E-state index is 5.47. The van der Waals surface area contributed by atoms with E-state index in [1.54, 1.807) is 0 Å². The van der Waals surface area contributed by atoms with Crippen LogP contribution in [0.4, 0.5) is 0 Å². The standard InChI is InChI=1S/C16H28N4O.HI/c1-5-9-21-15-8-7-14(11-18-15)12-20-16(17-6-2)19-10-13(3)4;/h7-8,11,13H,5-6,9-10,12H2,1-4H3,(H2,17,19,20);1H. The van der Waals surface area contributed by atoms with Crippen LogP contribution in [0.2, 0.25) is 0 Å². The van der Waals surface area contributed by atoms with Gasteiger partial charge in [-0.3, -0.25) is 0 Å². The van der Waals surface area contributed by atoms with Gasteiger partial charge in [-0.25, -0.2) is 9.98 Å². The maximum atomic E-state index is 5.47. The zero-order chi connectivity index (χ0) is 15.5. The van der Waals surface area contributed by atoms with Gasteiger partial charge in [-0.15, -0.1) is 24.0 Å². The molecule has 5 nitrogen and oxygen atoms in total. The predicted molar refractivity (Wildman–Crippen MR) is 103 cm³/mol. The Morgan fingerprint density at radius 3 is 2.59 bits per heavy atom. The van der Waals surface area contributed by atoms with Gasteiger partial charge in [0.1, 0.15) is 0 Å². The zero-order valence-corrected chi connectivity index (χ0v) is 16.4. The molecule has 0 aliphatic rings. The number of aliphatic imine (C=N–C) groups is 1. The molecule has 6 heteroatoms. The number of hydrogen-bond donors (Lipinski definition) is 2. The Kier molecular flexibility index (Phi) is 11.9. The predicted octanol–water partition coefficient (Wildman–Crippen LogP) is 3.20. The van der Waals surface area contributed by atoms with Crippen molar-refractivity contribution in [2.24, 2.45) is 10.9 Å². The molecule has 1 heterocycles. The molecule has 0 unspecified atom stereocenters. The molecule has 0 spiro atoms. The summed E-state index contributed by atoms with van der Waals surface area (Å²) in [5.74, 6) is 2.11.